The molecule has 0 spiro atoms. The van der Waals surface area contributed by atoms with Crippen LogP contribution in [-0.4, -0.2) is 5.75 Å². The summed E-state index contributed by atoms with van der Waals surface area (Å²) in [5.74, 6) is 2.85. The fourth-order valence-electron chi connectivity index (χ4n) is 1.22. The summed E-state index contributed by atoms with van der Waals surface area (Å²) in [6, 6.07) is 5.69. The van der Waals surface area contributed by atoms with Crippen LogP contribution in [-0.2, 0) is 5.75 Å². The quantitative estimate of drug-likeness (QED) is 0.620. The first-order valence-electron chi connectivity index (χ1n) is 5.22. The Morgan fingerprint density at radius 3 is 2.73 bits per heavy atom. The van der Waals surface area contributed by atoms with E-state index in [4.69, 9.17) is 17.3 Å². The predicted octanol–water partition coefficient (Wildman–Crippen LogP) is 4.20. The van der Waals surface area contributed by atoms with Crippen molar-refractivity contribution in [3.63, 3.8) is 0 Å². The molecule has 0 heterocycles. The highest BCUT2D eigenvalue weighted by atomic mass is 35.5. The Bertz CT molecular complexity index is 292. The number of nitrogens with two attached hydrogens (primary N) is 1. The highest BCUT2D eigenvalue weighted by molar-refractivity contribution is 7.98. The second-order valence-corrected chi connectivity index (χ2v) is 5.56. The summed E-state index contributed by atoms with van der Waals surface area (Å²) in [5, 5.41) is 0.784. The highest BCUT2D eigenvalue weighted by Gasteiger charge is 2.04. The third kappa shape index (κ3) is 4.35. The van der Waals surface area contributed by atoms with Crippen LogP contribution < -0.4 is 5.73 Å². The molecule has 1 rings (SSSR count). The first-order valence-corrected chi connectivity index (χ1v) is 6.75. The minimum Gasteiger partial charge on any atom is -0.398 e. The molecule has 2 N–H and O–H groups in total. The third-order valence-electron chi connectivity index (χ3n) is 2.24. The summed E-state index contributed by atoms with van der Waals surface area (Å²) in [7, 11) is 0. The summed E-state index contributed by atoms with van der Waals surface area (Å²) in [6.45, 7) is 4.48. The average Bonchev–Trinajstić information content (AvgIpc) is 2.15. The molecule has 1 nitrogen and oxygen atoms in total. The van der Waals surface area contributed by atoms with E-state index >= 15 is 0 Å². The van der Waals surface area contributed by atoms with Gasteiger partial charge >= 0.3 is 0 Å². The molecule has 0 unspecified atom stereocenters. The molecule has 15 heavy (non-hydrogen) atoms. The fraction of sp³-hybridized carbons (Fsp3) is 0.500. The van der Waals surface area contributed by atoms with Gasteiger partial charge in [0, 0.05) is 22.0 Å². The van der Waals surface area contributed by atoms with Crippen LogP contribution in [0.2, 0.25) is 5.02 Å². The largest absolute Gasteiger partial charge is 0.398 e. The monoisotopic (exact) mass is 243 g/mol. The fourth-order valence-corrected chi connectivity index (χ4v) is 2.86. The van der Waals surface area contributed by atoms with E-state index in [0.29, 0.717) is 0 Å². The Labute approximate surface area is 101 Å². The van der Waals surface area contributed by atoms with Crippen LogP contribution in [0.3, 0.4) is 0 Å². The van der Waals surface area contributed by atoms with Crippen molar-refractivity contribution in [3.05, 3.63) is 28.8 Å². The lowest BCUT2D eigenvalue weighted by molar-refractivity contribution is 0.632. The van der Waals surface area contributed by atoms with E-state index in [-0.39, 0.29) is 0 Å². The molecule has 0 aromatic heterocycles. The van der Waals surface area contributed by atoms with Gasteiger partial charge in [-0.15, -0.1) is 0 Å². The minimum atomic E-state index is 0.765. The molecule has 0 saturated carbocycles. The maximum Gasteiger partial charge on any atom is 0.0466 e. The molecule has 0 saturated heterocycles. The van der Waals surface area contributed by atoms with Gasteiger partial charge in [0.1, 0.15) is 0 Å². The maximum absolute atomic E-state index is 6.08. The summed E-state index contributed by atoms with van der Waals surface area (Å²) >= 11 is 7.98. The van der Waals surface area contributed by atoms with Gasteiger partial charge in [0.2, 0.25) is 0 Å². The SMILES string of the molecule is CC(C)CCSCc1c(N)cccc1Cl. The van der Waals surface area contributed by atoms with Crippen LogP contribution in [0, 0.1) is 5.92 Å². The van der Waals surface area contributed by atoms with Crippen molar-refractivity contribution >= 4 is 29.1 Å². The Balaban J connectivity index is 2.43. The van der Waals surface area contributed by atoms with Gasteiger partial charge in [0.15, 0.2) is 0 Å². The number of benzene rings is 1. The molecule has 0 aliphatic heterocycles. The first-order chi connectivity index (χ1) is 7.11. The molecule has 0 atom stereocenters. The Hall–Kier alpha value is -0.340. The van der Waals surface area contributed by atoms with E-state index in [2.05, 4.69) is 13.8 Å². The molecule has 0 radical (unpaired) electrons. The number of hydrogen-bond donors (Lipinski definition) is 1. The van der Waals surface area contributed by atoms with Crippen LogP contribution in [0.1, 0.15) is 25.8 Å². The number of hydrogen-bond acceptors (Lipinski definition) is 2. The van der Waals surface area contributed by atoms with Gasteiger partial charge in [-0.1, -0.05) is 31.5 Å². The lowest BCUT2D eigenvalue weighted by atomic mass is 10.2. The smallest absolute Gasteiger partial charge is 0.0466 e. The van der Waals surface area contributed by atoms with Gasteiger partial charge in [-0.2, -0.15) is 11.8 Å². The second kappa shape index (κ2) is 6.29. The van der Waals surface area contributed by atoms with Crippen molar-refractivity contribution < 1.29 is 0 Å². The lowest BCUT2D eigenvalue weighted by Gasteiger charge is -2.08. The summed E-state index contributed by atoms with van der Waals surface area (Å²) in [6.07, 6.45) is 1.25. The van der Waals surface area contributed by atoms with Crippen molar-refractivity contribution in [3.8, 4) is 0 Å². The molecule has 0 aliphatic carbocycles. The van der Waals surface area contributed by atoms with Crippen molar-refractivity contribution in [2.45, 2.75) is 26.0 Å². The zero-order valence-corrected chi connectivity index (χ0v) is 10.9. The molecular formula is C12H18ClNS. The number of halogens is 1. The van der Waals surface area contributed by atoms with E-state index in [1.165, 1.54) is 12.2 Å². The minimum absolute atomic E-state index is 0.765. The molecule has 84 valence electrons. The third-order valence-corrected chi connectivity index (χ3v) is 3.61. The van der Waals surface area contributed by atoms with E-state index in [0.717, 1.165) is 27.9 Å². The van der Waals surface area contributed by atoms with Gasteiger partial charge in [-0.3, -0.25) is 0 Å². The first kappa shape index (κ1) is 12.7. The average molecular weight is 244 g/mol. The number of rotatable bonds is 5. The Kier molecular flexibility index (Phi) is 5.34. The van der Waals surface area contributed by atoms with Crippen molar-refractivity contribution in [1.29, 1.82) is 0 Å². The molecule has 0 amide bonds. The molecule has 1 aromatic rings. The molecule has 0 bridgehead atoms. The highest BCUT2D eigenvalue weighted by Crippen LogP contribution is 2.26. The van der Waals surface area contributed by atoms with E-state index in [1.54, 1.807) is 0 Å². The number of thioether (sulfide) groups is 1. The Morgan fingerprint density at radius 2 is 2.13 bits per heavy atom. The lowest BCUT2D eigenvalue weighted by Crippen LogP contribution is -1.95. The van der Waals surface area contributed by atoms with Crippen LogP contribution in [0.25, 0.3) is 0 Å². The predicted molar refractivity (Wildman–Crippen MR) is 71.5 cm³/mol. The van der Waals surface area contributed by atoms with Crippen LogP contribution in [0.15, 0.2) is 18.2 Å². The maximum atomic E-state index is 6.08. The van der Waals surface area contributed by atoms with E-state index in [9.17, 15) is 0 Å². The van der Waals surface area contributed by atoms with Gasteiger partial charge in [-0.05, 0) is 30.2 Å². The number of nitrogen functional groups attached to an aromatic ring is 1. The number of anilines is 1. The molecular weight excluding hydrogens is 226 g/mol. The van der Waals surface area contributed by atoms with Crippen LogP contribution >= 0.6 is 23.4 Å². The standard InChI is InChI=1S/C12H18ClNS/c1-9(2)6-7-15-8-10-11(13)4-3-5-12(10)14/h3-5,9H,6-8,14H2,1-2H3. The van der Waals surface area contributed by atoms with Gasteiger partial charge in [-0.25, -0.2) is 0 Å². The Morgan fingerprint density at radius 1 is 1.40 bits per heavy atom. The van der Waals surface area contributed by atoms with Crippen molar-refractivity contribution in [2.75, 3.05) is 11.5 Å². The normalized spacial score (nSPS) is 10.9. The zero-order chi connectivity index (χ0) is 11.3. The zero-order valence-electron chi connectivity index (χ0n) is 9.29. The van der Waals surface area contributed by atoms with Gasteiger partial charge in [0.05, 0.1) is 0 Å². The van der Waals surface area contributed by atoms with Gasteiger partial charge < -0.3 is 5.73 Å². The summed E-state index contributed by atoms with van der Waals surface area (Å²) in [4.78, 5) is 0. The summed E-state index contributed by atoms with van der Waals surface area (Å²) < 4.78 is 0. The van der Waals surface area contributed by atoms with Crippen molar-refractivity contribution in [2.24, 2.45) is 5.92 Å². The van der Waals surface area contributed by atoms with Crippen LogP contribution in [0.5, 0.6) is 0 Å². The molecule has 3 heteroatoms. The second-order valence-electron chi connectivity index (χ2n) is 4.04. The van der Waals surface area contributed by atoms with Gasteiger partial charge in [0.25, 0.3) is 0 Å². The molecule has 0 aliphatic rings. The van der Waals surface area contributed by atoms with Crippen molar-refractivity contribution in [1.82, 2.24) is 0 Å². The molecule has 1 aromatic carbocycles. The summed E-state index contributed by atoms with van der Waals surface area (Å²) in [5.41, 5.74) is 7.75. The van der Waals surface area contributed by atoms with Crippen LogP contribution in [0.4, 0.5) is 5.69 Å². The van der Waals surface area contributed by atoms with E-state index in [1.807, 2.05) is 30.0 Å². The molecule has 0 fully saturated rings. The van der Waals surface area contributed by atoms with E-state index < -0.39 is 0 Å². The topological polar surface area (TPSA) is 26.0 Å².